The van der Waals surface area contributed by atoms with Gasteiger partial charge in [-0.2, -0.15) is 0 Å². The molecule has 0 amide bonds. The highest BCUT2D eigenvalue weighted by molar-refractivity contribution is 9.09. The molecular formula is C16H25BrO4S. The fraction of sp³-hybridized carbons (Fsp3) is 0.625. The zero-order valence-corrected chi connectivity index (χ0v) is 15.7. The highest BCUT2D eigenvalue weighted by atomic mass is 79.9. The summed E-state index contributed by atoms with van der Waals surface area (Å²) in [6, 6.07) is 8.49. The first-order valence-corrected chi connectivity index (χ1v) is 10.2. The number of alkyl halides is 1. The number of rotatable bonds is 11. The Morgan fingerprint density at radius 3 is 2.41 bits per heavy atom. The molecule has 0 heterocycles. The molecule has 0 bridgehead atoms. The van der Waals surface area contributed by atoms with Crippen molar-refractivity contribution in [2.45, 2.75) is 42.9 Å². The molecule has 0 spiro atoms. The molecule has 6 heteroatoms. The van der Waals surface area contributed by atoms with Crippen molar-refractivity contribution >= 4 is 25.8 Å². The second-order valence-electron chi connectivity index (χ2n) is 5.14. The van der Waals surface area contributed by atoms with E-state index in [0.717, 1.165) is 18.2 Å². The van der Waals surface area contributed by atoms with Crippen LogP contribution in [0.5, 0.6) is 0 Å². The zero-order chi connectivity index (χ0) is 16.5. The van der Waals surface area contributed by atoms with Gasteiger partial charge in [0.15, 0.2) is 4.93 Å². The SMILES string of the molecule is CCOCCOC(C)(CCCCBr)S(=O)(=O)c1ccccc1. The molecule has 0 radical (unpaired) electrons. The second-order valence-corrected chi connectivity index (χ2v) is 8.28. The van der Waals surface area contributed by atoms with Crippen molar-refractivity contribution < 1.29 is 17.9 Å². The summed E-state index contributed by atoms with van der Waals surface area (Å²) < 4.78 is 36.9. The van der Waals surface area contributed by atoms with E-state index in [9.17, 15) is 8.42 Å². The largest absolute Gasteiger partial charge is 0.379 e. The van der Waals surface area contributed by atoms with Crippen LogP contribution in [0.4, 0.5) is 0 Å². The molecule has 1 rings (SSSR count). The van der Waals surface area contributed by atoms with Crippen molar-refractivity contribution in [3.05, 3.63) is 30.3 Å². The van der Waals surface area contributed by atoms with Crippen molar-refractivity contribution in [1.29, 1.82) is 0 Å². The molecule has 0 saturated heterocycles. The molecule has 126 valence electrons. The van der Waals surface area contributed by atoms with Crippen molar-refractivity contribution in [2.24, 2.45) is 0 Å². The number of hydrogen-bond donors (Lipinski definition) is 0. The Morgan fingerprint density at radius 2 is 1.82 bits per heavy atom. The molecule has 0 N–H and O–H groups in total. The Kier molecular flexibility index (Phi) is 8.61. The van der Waals surface area contributed by atoms with Crippen LogP contribution in [0.15, 0.2) is 35.2 Å². The van der Waals surface area contributed by atoms with Gasteiger partial charge >= 0.3 is 0 Å². The zero-order valence-electron chi connectivity index (χ0n) is 13.3. The molecule has 1 atom stereocenters. The van der Waals surface area contributed by atoms with E-state index in [1.54, 1.807) is 37.3 Å². The normalized spacial score (nSPS) is 14.7. The maximum Gasteiger partial charge on any atom is 0.207 e. The maximum atomic E-state index is 12.9. The summed E-state index contributed by atoms with van der Waals surface area (Å²) in [6.07, 6.45) is 2.15. The molecule has 1 unspecified atom stereocenters. The fourth-order valence-corrected chi connectivity index (χ4v) is 4.20. The average Bonchev–Trinajstić information content (AvgIpc) is 2.52. The molecule has 0 aliphatic rings. The minimum Gasteiger partial charge on any atom is -0.379 e. The maximum absolute atomic E-state index is 12.9. The summed E-state index contributed by atoms with van der Waals surface area (Å²) in [4.78, 5) is -0.930. The lowest BCUT2D eigenvalue weighted by atomic mass is 10.2. The van der Waals surface area contributed by atoms with E-state index in [0.29, 0.717) is 24.5 Å². The number of sulfone groups is 1. The summed E-state index contributed by atoms with van der Waals surface area (Å²) in [5, 5.41) is 0.855. The average molecular weight is 393 g/mol. The van der Waals surface area contributed by atoms with Gasteiger partial charge in [-0.3, -0.25) is 0 Å². The summed E-state index contributed by atoms with van der Waals surface area (Å²) in [6.45, 7) is 4.82. The number of benzene rings is 1. The predicted octanol–water partition coefficient (Wildman–Crippen LogP) is 3.79. The lowest BCUT2D eigenvalue weighted by Crippen LogP contribution is -2.39. The lowest BCUT2D eigenvalue weighted by Gasteiger charge is -2.30. The second kappa shape index (κ2) is 9.65. The van der Waals surface area contributed by atoms with Crippen LogP contribution in [0, 0.1) is 0 Å². The van der Waals surface area contributed by atoms with Crippen molar-refractivity contribution in [2.75, 3.05) is 25.2 Å². The van der Waals surface area contributed by atoms with E-state index in [1.165, 1.54) is 0 Å². The van der Waals surface area contributed by atoms with Crippen LogP contribution < -0.4 is 0 Å². The summed E-state index contributed by atoms with van der Waals surface area (Å²) >= 11 is 3.38. The standard InChI is InChI=1S/C16H25BrO4S/c1-3-20-13-14-21-16(2,11-7-8-12-17)22(18,19)15-9-5-4-6-10-15/h4-6,9-10H,3,7-8,11-14H2,1-2H3. The topological polar surface area (TPSA) is 52.6 Å². The minimum atomic E-state index is -3.56. The molecule has 4 nitrogen and oxygen atoms in total. The Hall–Kier alpha value is -0.430. The number of halogens is 1. The van der Waals surface area contributed by atoms with Gasteiger partial charge in [-0.25, -0.2) is 8.42 Å². The smallest absolute Gasteiger partial charge is 0.207 e. The molecule has 1 aromatic carbocycles. The lowest BCUT2D eigenvalue weighted by molar-refractivity contribution is -0.0127. The van der Waals surface area contributed by atoms with E-state index in [-0.39, 0.29) is 6.61 Å². The highest BCUT2D eigenvalue weighted by Gasteiger charge is 2.40. The number of ether oxygens (including phenoxy) is 2. The summed E-state index contributed by atoms with van der Waals surface area (Å²) in [5.74, 6) is 0. The molecule has 0 aliphatic carbocycles. The van der Waals surface area contributed by atoms with Gasteiger partial charge in [0.25, 0.3) is 0 Å². The fourth-order valence-electron chi connectivity index (χ4n) is 2.13. The first kappa shape index (κ1) is 19.6. The van der Waals surface area contributed by atoms with Gasteiger partial charge in [0, 0.05) is 11.9 Å². The number of unbranched alkanes of at least 4 members (excludes halogenated alkanes) is 1. The Labute approximate surface area is 142 Å². The van der Waals surface area contributed by atoms with E-state index >= 15 is 0 Å². The molecule has 1 aromatic rings. The van der Waals surface area contributed by atoms with Crippen LogP contribution in [0.3, 0.4) is 0 Å². The van der Waals surface area contributed by atoms with Crippen LogP contribution in [-0.2, 0) is 19.3 Å². The van der Waals surface area contributed by atoms with E-state index < -0.39 is 14.8 Å². The van der Waals surface area contributed by atoms with Gasteiger partial charge in [-0.1, -0.05) is 34.1 Å². The van der Waals surface area contributed by atoms with Gasteiger partial charge in [-0.15, -0.1) is 0 Å². The predicted molar refractivity (Wildman–Crippen MR) is 92.1 cm³/mol. The minimum absolute atomic E-state index is 0.269. The summed E-state index contributed by atoms with van der Waals surface area (Å²) in [5.41, 5.74) is 0. The van der Waals surface area contributed by atoms with Crippen molar-refractivity contribution in [3.63, 3.8) is 0 Å². The Balaban J connectivity index is 2.92. The van der Waals surface area contributed by atoms with E-state index in [1.807, 2.05) is 6.92 Å². The van der Waals surface area contributed by atoms with Gasteiger partial charge in [-0.05, 0) is 45.2 Å². The van der Waals surface area contributed by atoms with Crippen LogP contribution in [0.1, 0.15) is 33.1 Å². The quantitative estimate of drug-likeness (QED) is 0.424. The van der Waals surface area contributed by atoms with Crippen LogP contribution in [-0.4, -0.2) is 38.5 Å². The number of hydrogen-bond acceptors (Lipinski definition) is 4. The molecule has 0 aromatic heterocycles. The third-order valence-electron chi connectivity index (χ3n) is 3.48. The van der Waals surface area contributed by atoms with Crippen molar-refractivity contribution in [3.8, 4) is 0 Å². The molecular weight excluding hydrogens is 368 g/mol. The highest BCUT2D eigenvalue weighted by Crippen LogP contribution is 2.31. The van der Waals surface area contributed by atoms with Crippen molar-refractivity contribution in [1.82, 2.24) is 0 Å². The monoisotopic (exact) mass is 392 g/mol. The van der Waals surface area contributed by atoms with E-state index in [4.69, 9.17) is 9.47 Å². The first-order chi connectivity index (χ1) is 10.5. The van der Waals surface area contributed by atoms with Gasteiger partial charge in [0.05, 0.1) is 18.1 Å². The third kappa shape index (κ3) is 5.33. The van der Waals surface area contributed by atoms with Gasteiger partial charge in [0.1, 0.15) is 0 Å². The Morgan fingerprint density at radius 1 is 1.14 bits per heavy atom. The molecule has 0 aliphatic heterocycles. The van der Waals surface area contributed by atoms with Crippen LogP contribution in [0.2, 0.25) is 0 Å². The third-order valence-corrected chi connectivity index (χ3v) is 6.39. The first-order valence-electron chi connectivity index (χ1n) is 7.55. The molecule has 22 heavy (non-hydrogen) atoms. The summed E-state index contributed by atoms with van der Waals surface area (Å²) in [7, 11) is -3.56. The molecule has 0 saturated carbocycles. The van der Waals surface area contributed by atoms with E-state index in [2.05, 4.69) is 15.9 Å². The van der Waals surface area contributed by atoms with Crippen LogP contribution in [0.25, 0.3) is 0 Å². The van der Waals surface area contributed by atoms with Crippen LogP contribution >= 0.6 is 15.9 Å². The van der Waals surface area contributed by atoms with Gasteiger partial charge in [0.2, 0.25) is 9.84 Å². The van der Waals surface area contributed by atoms with Gasteiger partial charge < -0.3 is 9.47 Å². The molecule has 0 fully saturated rings. The Bertz CT molecular complexity index is 518.